The summed E-state index contributed by atoms with van der Waals surface area (Å²) >= 11 is 14.8. The van der Waals surface area contributed by atoms with Gasteiger partial charge in [-0.2, -0.15) is 0 Å². The van der Waals surface area contributed by atoms with Gasteiger partial charge in [-0.15, -0.1) is 0 Å². The molecule has 1 aromatic heterocycles. The van der Waals surface area contributed by atoms with Crippen molar-refractivity contribution in [2.75, 3.05) is 11.9 Å². The second kappa shape index (κ2) is 7.81. The van der Waals surface area contributed by atoms with E-state index in [-0.39, 0.29) is 5.41 Å². The number of nitrogens with zero attached hydrogens (tertiary/aromatic N) is 1. The van der Waals surface area contributed by atoms with E-state index in [1.807, 2.05) is 24.3 Å². The summed E-state index contributed by atoms with van der Waals surface area (Å²) in [5.41, 5.74) is 1.46. The SMILES string of the molecule is S=C(NCC1(c2ccc(Cl)cc2)CCCC1)Nc1ccc(Br)cn1. The van der Waals surface area contributed by atoms with E-state index in [4.69, 9.17) is 23.8 Å². The number of halogens is 2. The fourth-order valence-corrected chi connectivity index (χ4v) is 3.82. The van der Waals surface area contributed by atoms with E-state index in [0.717, 1.165) is 21.9 Å². The molecule has 0 aliphatic heterocycles. The van der Waals surface area contributed by atoms with Crippen molar-refractivity contribution >= 4 is 50.7 Å². The summed E-state index contributed by atoms with van der Waals surface area (Å²) < 4.78 is 0.944. The Balaban J connectivity index is 1.65. The first kappa shape index (κ1) is 17.6. The summed E-state index contributed by atoms with van der Waals surface area (Å²) in [7, 11) is 0. The number of benzene rings is 1. The maximum Gasteiger partial charge on any atom is 0.171 e. The predicted octanol–water partition coefficient (Wildman–Crippen LogP) is 5.30. The van der Waals surface area contributed by atoms with Crippen LogP contribution in [0.2, 0.25) is 5.02 Å². The van der Waals surface area contributed by atoms with E-state index in [0.29, 0.717) is 5.11 Å². The number of hydrogen-bond donors (Lipinski definition) is 2. The van der Waals surface area contributed by atoms with Crippen LogP contribution < -0.4 is 10.6 Å². The Bertz CT molecular complexity index is 697. The van der Waals surface area contributed by atoms with E-state index in [1.54, 1.807) is 6.20 Å². The molecule has 1 fully saturated rings. The van der Waals surface area contributed by atoms with Crippen molar-refractivity contribution in [1.82, 2.24) is 10.3 Å². The third-order valence-electron chi connectivity index (χ3n) is 4.57. The minimum Gasteiger partial charge on any atom is -0.362 e. The monoisotopic (exact) mass is 423 g/mol. The van der Waals surface area contributed by atoms with Gasteiger partial charge >= 0.3 is 0 Å². The largest absolute Gasteiger partial charge is 0.362 e. The summed E-state index contributed by atoms with van der Waals surface area (Å²) in [5, 5.41) is 7.89. The van der Waals surface area contributed by atoms with E-state index >= 15 is 0 Å². The van der Waals surface area contributed by atoms with Crippen LogP contribution in [0.4, 0.5) is 5.82 Å². The Morgan fingerprint density at radius 3 is 2.50 bits per heavy atom. The van der Waals surface area contributed by atoms with Crippen LogP contribution in [0, 0.1) is 0 Å². The number of pyridine rings is 1. The lowest BCUT2D eigenvalue weighted by molar-refractivity contribution is 0.435. The maximum atomic E-state index is 6.04. The van der Waals surface area contributed by atoms with E-state index in [9.17, 15) is 0 Å². The molecule has 0 atom stereocenters. The van der Waals surface area contributed by atoms with Crippen LogP contribution in [0.25, 0.3) is 0 Å². The van der Waals surface area contributed by atoms with Crippen molar-refractivity contribution in [2.45, 2.75) is 31.1 Å². The summed E-state index contributed by atoms with van der Waals surface area (Å²) in [6, 6.07) is 12.1. The highest BCUT2D eigenvalue weighted by Gasteiger charge is 2.35. The van der Waals surface area contributed by atoms with Crippen LogP contribution in [0.3, 0.4) is 0 Å². The van der Waals surface area contributed by atoms with E-state index < -0.39 is 0 Å². The molecule has 24 heavy (non-hydrogen) atoms. The number of aromatic nitrogens is 1. The standard InChI is InChI=1S/C18H19BrClN3S/c19-14-5-8-16(21-11-14)23-17(24)22-12-18(9-1-2-10-18)13-3-6-15(20)7-4-13/h3-8,11H,1-2,9-10,12H2,(H2,21,22,23,24). The Hall–Kier alpha value is -1.17. The molecule has 2 aromatic rings. The number of rotatable bonds is 4. The predicted molar refractivity (Wildman–Crippen MR) is 108 cm³/mol. The number of anilines is 1. The van der Waals surface area contributed by atoms with Gasteiger partial charge in [-0.3, -0.25) is 0 Å². The van der Waals surface area contributed by atoms with Crippen LogP contribution in [0.5, 0.6) is 0 Å². The van der Waals surface area contributed by atoms with Gasteiger partial charge in [0.2, 0.25) is 0 Å². The Morgan fingerprint density at radius 1 is 1.17 bits per heavy atom. The Labute approximate surface area is 161 Å². The van der Waals surface area contributed by atoms with Gasteiger partial charge in [-0.05, 0) is 70.8 Å². The fraction of sp³-hybridized carbons (Fsp3) is 0.333. The normalized spacial score (nSPS) is 15.9. The number of thiocarbonyl (C=S) groups is 1. The average molecular weight is 425 g/mol. The third-order valence-corrected chi connectivity index (χ3v) is 5.54. The second-order valence-electron chi connectivity index (χ2n) is 6.16. The van der Waals surface area contributed by atoms with Crippen LogP contribution >= 0.6 is 39.7 Å². The minimum atomic E-state index is 0.128. The lowest BCUT2D eigenvalue weighted by atomic mass is 9.79. The highest BCUT2D eigenvalue weighted by atomic mass is 79.9. The summed E-state index contributed by atoms with van der Waals surface area (Å²) in [6.07, 6.45) is 6.58. The van der Waals surface area contributed by atoms with E-state index in [1.165, 1.54) is 31.2 Å². The lowest BCUT2D eigenvalue weighted by Gasteiger charge is -2.30. The molecule has 0 radical (unpaired) electrons. The first-order valence-corrected chi connectivity index (χ1v) is 9.58. The molecule has 0 spiro atoms. The van der Waals surface area contributed by atoms with Gasteiger partial charge in [0.05, 0.1) is 0 Å². The Morgan fingerprint density at radius 2 is 1.88 bits per heavy atom. The molecule has 0 unspecified atom stereocenters. The first-order chi connectivity index (χ1) is 11.6. The first-order valence-electron chi connectivity index (χ1n) is 8.00. The zero-order valence-corrected chi connectivity index (χ0v) is 16.3. The molecular weight excluding hydrogens is 406 g/mol. The van der Waals surface area contributed by atoms with Crippen molar-refractivity contribution in [3.8, 4) is 0 Å². The number of nitrogens with one attached hydrogen (secondary N) is 2. The molecule has 3 nitrogen and oxygen atoms in total. The minimum absolute atomic E-state index is 0.128. The zero-order chi connectivity index (χ0) is 17.0. The maximum absolute atomic E-state index is 6.04. The van der Waals surface area contributed by atoms with Gasteiger partial charge in [-0.1, -0.05) is 36.6 Å². The van der Waals surface area contributed by atoms with Gasteiger partial charge in [-0.25, -0.2) is 4.98 Å². The summed E-state index contributed by atoms with van der Waals surface area (Å²) in [6.45, 7) is 0.816. The molecule has 0 amide bonds. The smallest absolute Gasteiger partial charge is 0.171 e. The van der Waals surface area contributed by atoms with Crippen LogP contribution in [0.1, 0.15) is 31.2 Å². The average Bonchev–Trinajstić information content (AvgIpc) is 3.06. The van der Waals surface area contributed by atoms with Crippen LogP contribution in [0.15, 0.2) is 47.1 Å². The molecule has 3 rings (SSSR count). The third kappa shape index (κ3) is 4.26. The van der Waals surface area contributed by atoms with Gasteiger partial charge < -0.3 is 10.6 Å². The zero-order valence-electron chi connectivity index (χ0n) is 13.2. The van der Waals surface area contributed by atoms with Crippen LogP contribution in [-0.4, -0.2) is 16.6 Å². The molecule has 2 N–H and O–H groups in total. The molecular formula is C18H19BrClN3S. The highest BCUT2D eigenvalue weighted by Crippen LogP contribution is 2.40. The highest BCUT2D eigenvalue weighted by molar-refractivity contribution is 9.10. The molecule has 0 saturated heterocycles. The van der Waals surface area contributed by atoms with Crippen molar-refractivity contribution in [3.63, 3.8) is 0 Å². The molecule has 0 bridgehead atoms. The van der Waals surface area contributed by atoms with Gasteiger partial charge in [0.15, 0.2) is 5.11 Å². The molecule has 126 valence electrons. The Kier molecular flexibility index (Phi) is 5.74. The summed E-state index contributed by atoms with van der Waals surface area (Å²) in [4.78, 5) is 4.28. The summed E-state index contributed by atoms with van der Waals surface area (Å²) in [5.74, 6) is 0.739. The molecule has 1 aliphatic rings. The van der Waals surface area contributed by atoms with Crippen molar-refractivity contribution in [3.05, 3.63) is 57.7 Å². The van der Waals surface area contributed by atoms with Crippen molar-refractivity contribution in [2.24, 2.45) is 0 Å². The molecule has 1 heterocycles. The fourth-order valence-electron chi connectivity index (χ4n) is 3.28. The topological polar surface area (TPSA) is 37.0 Å². The molecule has 1 aliphatic carbocycles. The van der Waals surface area contributed by atoms with Gasteiger partial charge in [0.25, 0.3) is 0 Å². The van der Waals surface area contributed by atoms with E-state index in [2.05, 4.69) is 43.7 Å². The van der Waals surface area contributed by atoms with Crippen molar-refractivity contribution in [1.29, 1.82) is 0 Å². The van der Waals surface area contributed by atoms with Crippen molar-refractivity contribution < 1.29 is 0 Å². The van der Waals surface area contributed by atoms with Crippen LogP contribution in [-0.2, 0) is 5.41 Å². The lowest BCUT2D eigenvalue weighted by Crippen LogP contribution is -2.40. The molecule has 1 aromatic carbocycles. The number of hydrogen-bond acceptors (Lipinski definition) is 2. The van der Waals surface area contributed by atoms with Gasteiger partial charge in [0.1, 0.15) is 5.82 Å². The quantitative estimate of drug-likeness (QED) is 0.653. The molecule has 1 saturated carbocycles. The molecule has 6 heteroatoms. The van der Waals surface area contributed by atoms with Gasteiger partial charge in [0, 0.05) is 27.7 Å². The second-order valence-corrected chi connectivity index (χ2v) is 7.92.